The zero-order valence-corrected chi connectivity index (χ0v) is 20.5. The summed E-state index contributed by atoms with van der Waals surface area (Å²) in [6.45, 7) is 2.29. The quantitative estimate of drug-likeness (QED) is 0.361. The second-order valence-corrected chi connectivity index (χ2v) is 8.65. The van der Waals surface area contributed by atoms with Crippen LogP contribution in [0, 0.1) is 0 Å². The summed E-state index contributed by atoms with van der Waals surface area (Å²) in [7, 11) is 3.09. The maximum atomic E-state index is 13.5. The highest BCUT2D eigenvalue weighted by Gasteiger charge is 2.39. The molecule has 0 bridgehead atoms. The van der Waals surface area contributed by atoms with Gasteiger partial charge in [0.05, 0.1) is 18.2 Å². The van der Waals surface area contributed by atoms with Crippen LogP contribution in [0.1, 0.15) is 25.9 Å². The first-order chi connectivity index (χ1) is 16.9. The lowest BCUT2D eigenvalue weighted by molar-refractivity contribution is -0.274. The Bertz CT molecular complexity index is 960. The summed E-state index contributed by atoms with van der Waals surface area (Å²) >= 11 is 0.662. The van der Waals surface area contributed by atoms with Crippen LogP contribution in [0.3, 0.4) is 0 Å². The van der Waals surface area contributed by atoms with Crippen LogP contribution in [0.4, 0.5) is 26.3 Å². The van der Waals surface area contributed by atoms with Crippen LogP contribution in [0.25, 0.3) is 0 Å². The van der Waals surface area contributed by atoms with Crippen LogP contribution in [0.15, 0.2) is 24.3 Å². The van der Waals surface area contributed by atoms with Gasteiger partial charge in [0.15, 0.2) is 5.69 Å². The zero-order valence-electron chi connectivity index (χ0n) is 19.7. The van der Waals surface area contributed by atoms with Crippen LogP contribution in [-0.2, 0) is 28.5 Å². The number of hydrogen-bond acceptors (Lipinski definition) is 7. The lowest BCUT2D eigenvalue weighted by Gasteiger charge is -2.20. The zero-order chi connectivity index (χ0) is 26.8. The Morgan fingerprint density at radius 1 is 1.03 bits per heavy atom. The first kappa shape index (κ1) is 29.8. The number of aromatic nitrogens is 1. The van der Waals surface area contributed by atoms with Crippen molar-refractivity contribution in [1.82, 2.24) is 15.2 Å². The van der Waals surface area contributed by atoms with E-state index in [2.05, 4.69) is 15.0 Å². The Kier molecular flexibility index (Phi) is 11.4. The molecule has 1 N–H and O–H groups in total. The number of ether oxygens (including phenoxy) is 3. The molecule has 14 heteroatoms. The first-order valence-corrected chi connectivity index (χ1v) is 11.6. The summed E-state index contributed by atoms with van der Waals surface area (Å²) in [5.41, 5.74) is -0.855. The lowest BCUT2D eigenvalue weighted by Crippen LogP contribution is -2.32. The molecule has 202 valence electrons. The number of amides is 1. The van der Waals surface area contributed by atoms with Crippen LogP contribution >= 0.6 is 11.3 Å². The Balaban J connectivity index is 2.03. The Hall–Kier alpha value is -2.42. The van der Waals surface area contributed by atoms with Crippen molar-refractivity contribution in [1.29, 1.82) is 0 Å². The maximum Gasteiger partial charge on any atom is 0.573 e. The molecule has 1 aromatic carbocycles. The molecule has 0 atom stereocenters. The molecule has 1 amide bonds. The van der Waals surface area contributed by atoms with E-state index in [4.69, 9.17) is 9.47 Å². The lowest BCUT2D eigenvalue weighted by atomic mass is 10.1. The molecular formula is C22H27F6N3O4S. The van der Waals surface area contributed by atoms with Crippen molar-refractivity contribution in [2.24, 2.45) is 0 Å². The largest absolute Gasteiger partial charge is 0.573 e. The fourth-order valence-electron chi connectivity index (χ4n) is 3.15. The summed E-state index contributed by atoms with van der Waals surface area (Å²) in [5.74, 6) is -1.38. The van der Waals surface area contributed by atoms with Gasteiger partial charge in [-0.1, -0.05) is 12.1 Å². The van der Waals surface area contributed by atoms with Crippen molar-refractivity contribution in [2.45, 2.75) is 25.4 Å². The van der Waals surface area contributed by atoms with Gasteiger partial charge in [-0.05, 0) is 24.1 Å². The molecule has 36 heavy (non-hydrogen) atoms. The van der Waals surface area contributed by atoms with E-state index >= 15 is 0 Å². The third kappa shape index (κ3) is 10.3. The van der Waals surface area contributed by atoms with Gasteiger partial charge in [-0.25, -0.2) is 4.98 Å². The highest BCUT2D eigenvalue weighted by atomic mass is 32.1. The molecule has 7 nitrogen and oxygen atoms in total. The summed E-state index contributed by atoms with van der Waals surface area (Å²) < 4.78 is 91.7. The van der Waals surface area contributed by atoms with Crippen molar-refractivity contribution < 1.29 is 45.3 Å². The minimum absolute atomic E-state index is 0.0851. The van der Waals surface area contributed by atoms with Crippen molar-refractivity contribution in [3.05, 3.63) is 45.4 Å². The van der Waals surface area contributed by atoms with Crippen LogP contribution < -0.4 is 10.1 Å². The number of carbonyl (C=O) groups excluding carboxylic acids is 1. The molecule has 1 heterocycles. The second kappa shape index (κ2) is 13.8. The number of carbonyl (C=O) groups is 1. The Morgan fingerprint density at radius 2 is 1.69 bits per heavy atom. The summed E-state index contributed by atoms with van der Waals surface area (Å²) in [5, 5.41) is 2.54. The number of hydrogen-bond donors (Lipinski definition) is 1. The van der Waals surface area contributed by atoms with E-state index in [1.54, 1.807) is 14.2 Å². The summed E-state index contributed by atoms with van der Waals surface area (Å²) in [4.78, 5) is 17.6. The van der Waals surface area contributed by atoms with E-state index in [1.807, 2.05) is 4.90 Å². The normalized spacial score (nSPS) is 12.2. The van der Waals surface area contributed by atoms with E-state index in [1.165, 1.54) is 12.1 Å². The monoisotopic (exact) mass is 543 g/mol. The van der Waals surface area contributed by atoms with Gasteiger partial charge < -0.3 is 19.5 Å². The topological polar surface area (TPSA) is 72.9 Å². The van der Waals surface area contributed by atoms with Gasteiger partial charge in [-0.15, -0.1) is 24.5 Å². The molecule has 0 spiro atoms. The molecular weight excluding hydrogens is 516 g/mol. The van der Waals surface area contributed by atoms with Crippen molar-refractivity contribution >= 4 is 17.2 Å². The number of benzene rings is 1. The van der Waals surface area contributed by atoms with Crippen molar-refractivity contribution in [2.75, 3.05) is 53.6 Å². The van der Waals surface area contributed by atoms with Crippen molar-refractivity contribution in [3.63, 3.8) is 0 Å². The van der Waals surface area contributed by atoms with Crippen LogP contribution in [0.2, 0.25) is 0 Å². The van der Waals surface area contributed by atoms with Gasteiger partial charge in [0.25, 0.3) is 5.91 Å². The van der Waals surface area contributed by atoms with Gasteiger partial charge in [-0.3, -0.25) is 9.69 Å². The molecule has 0 saturated heterocycles. The van der Waals surface area contributed by atoms with E-state index in [9.17, 15) is 31.1 Å². The molecule has 0 aliphatic rings. The number of alkyl halides is 6. The fourth-order valence-corrected chi connectivity index (χ4v) is 4.13. The molecule has 0 saturated carbocycles. The molecule has 0 aliphatic carbocycles. The molecule has 2 rings (SSSR count). The van der Waals surface area contributed by atoms with Gasteiger partial charge in [0, 0.05) is 46.8 Å². The number of methoxy groups -OCH3 is 2. The standard InChI is InChI=1S/C22H27F6N3O4S/c1-33-12-10-31(11-13-34-2)9-7-17-30-19(21(23,24)25)18(36-17)20(32)29-8-6-15-4-3-5-16(14-15)35-22(26,27)28/h3-5,14H,6-13H2,1-2H3,(H,29,32). The SMILES string of the molecule is COCCN(CCOC)CCc1nc(C(F)(F)F)c(C(=O)NCCc2cccc(OC(F)(F)F)c2)s1. The molecule has 0 aliphatic heterocycles. The predicted octanol–water partition coefficient (Wildman–Crippen LogP) is 4.17. The highest BCUT2D eigenvalue weighted by molar-refractivity contribution is 7.13. The molecule has 0 radical (unpaired) electrons. The van der Waals surface area contributed by atoms with Gasteiger partial charge in [-0.2, -0.15) is 13.2 Å². The number of thiazole rings is 1. The minimum Gasteiger partial charge on any atom is -0.406 e. The van der Waals surface area contributed by atoms with E-state index in [0.717, 1.165) is 12.1 Å². The smallest absolute Gasteiger partial charge is 0.406 e. The number of nitrogens with zero attached hydrogens (tertiary/aromatic N) is 2. The van der Waals surface area contributed by atoms with Crippen LogP contribution in [-0.4, -0.2) is 75.8 Å². The summed E-state index contributed by atoms with van der Waals surface area (Å²) in [6, 6.07) is 5.12. The van der Waals surface area contributed by atoms with Gasteiger partial charge in [0.2, 0.25) is 0 Å². The van der Waals surface area contributed by atoms with Crippen LogP contribution in [0.5, 0.6) is 5.75 Å². The molecule has 1 aromatic heterocycles. The summed E-state index contributed by atoms with van der Waals surface area (Å²) in [6.07, 6.45) is -9.39. The number of nitrogens with one attached hydrogen (secondary N) is 1. The third-order valence-corrected chi connectivity index (χ3v) is 5.96. The highest BCUT2D eigenvalue weighted by Crippen LogP contribution is 2.34. The van der Waals surface area contributed by atoms with E-state index in [0.29, 0.717) is 49.7 Å². The predicted molar refractivity (Wildman–Crippen MR) is 120 cm³/mol. The Labute approximate surface area is 208 Å². The van der Waals surface area contributed by atoms with Crippen molar-refractivity contribution in [3.8, 4) is 5.75 Å². The van der Waals surface area contributed by atoms with Gasteiger partial charge >= 0.3 is 12.5 Å². The molecule has 0 fully saturated rings. The fraction of sp³-hybridized carbons (Fsp3) is 0.545. The van der Waals surface area contributed by atoms with E-state index < -0.39 is 34.8 Å². The first-order valence-electron chi connectivity index (χ1n) is 10.8. The second-order valence-electron chi connectivity index (χ2n) is 7.56. The van der Waals surface area contributed by atoms with E-state index in [-0.39, 0.29) is 24.4 Å². The van der Waals surface area contributed by atoms with Gasteiger partial charge in [0.1, 0.15) is 10.6 Å². The average molecular weight is 544 g/mol. The molecule has 0 unspecified atom stereocenters. The third-order valence-electron chi connectivity index (χ3n) is 4.84. The average Bonchev–Trinajstić information content (AvgIpc) is 3.23. The Morgan fingerprint density at radius 3 is 2.28 bits per heavy atom. The minimum atomic E-state index is -4.85. The number of halogens is 6. The molecule has 2 aromatic rings. The number of rotatable bonds is 14. The maximum absolute atomic E-state index is 13.5.